The van der Waals surface area contributed by atoms with Crippen molar-refractivity contribution in [1.29, 1.82) is 0 Å². The van der Waals surface area contributed by atoms with E-state index >= 15 is 0 Å². The van der Waals surface area contributed by atoms with E-state index in [9.17, 15) is 24.0 Å². The van der Waals surface area contributed by atoms with Crippen LogP contribution < -0.4 is 15.4 Å². The molecule has 0 radical (unpaired) electrons. The Balaban J connectivity index is 1.08. The lowest BCUT2D eigenvalue weighted by atomic mass is 9.93. The number of nitrogens with zero attached hydrogens (tertiary/aromatic N) is 5. The molecular weight excluding hydrogens is 646 g/mol. The number of para-hydroxylation sites is 1. The highest BCUT2D eigenvalue weighted by atomic mass is 16.8. The second-order valence-corrected chi connectivity index (χ2v) is 13.4. The van der Waals surface area contributed by atoms with E-state index < -0.39 is 24.1 Å². The van der Waals surface area contributed by atoms with E-state index in [4.69, 9.17) is 14.3 Å². The van der Waals surface area contributed by atoms with Gasteiger partial charge in [0.1, 0.15) is 12.1 Å². The lowest BCUT2D eigenvalue weighted by molar-refractivity contribution is -0.158. The second kappa shape index (κ2) is 16.4. The van der Waals surface area contributed by atoms with Gasteiger partial charge >= 0.3 is 6.16 Å². The van der Waals surface area contributed by atoms with Crippen LogP contribution in [0.5, 0.6) is 5.88 Å². The number of carbonyl (C=O) groups is 5. The van der Waals surface area contributed by atoms with Crippen LogP contribution >= 0.6 is 0 Å². The Labute approximate surface area is 291 Å². The van der Waals surface area contributed by atoms with Crippen LogP contribution in [0, 0.1) is 5.92 Å². The zero-order valence-corrected chi connectivity index (χ0v) is 28.6. The summed E-state index contributed by atoms with van der Waals surface area (Å²) in [7, 11) is 0. The third kappa shape index (κ3) is 8.73. The fraction of sp³-hybridized carbons (Fsp3) is 0.600. The number of ether oxygens (including phenoxy) is 2. The Kier molecular flexibility index (Phi) is 11.5. The van der Waals surface area contributed by atoms with E-state index in [2.05, 4.69) is 15.7 Å². The molecule has 0 spiro atoms. The van der Waals surface area contributed by atoms with Crippen molar-refractivity contribution in [2.24, 2.45) is 5.92 Å². The van der Waals surface area contributed by atoms with Crippen LogP contribution in [-0.4, -0.2) is 118 Å². The lowest BCUT2D eigenvalue weighted by Gasteiger charge is -2.35. The minimum atomic E-state index is -0.754. The van der Waals surface area contributed by atoms with E-state index in [-0.39, 0.29) is 47.9 Å². The van der Waals surface area contributed by atoms with Gasteiger partial charge < -0.3 is 34.7 Å². The van der Waals surface area contributed by atoms with Gasteiger partial charge in [-0.25, -0.2) is 9.48 Å². The van der Waals surface area contributed by atoms with Crippen LogP contribution in [0.4, 0.5) is 4.79 Å². The first kappa shape index (κ1) is 35.2. The maximum absolute atomic E-state index is 13.6. The minimum absolute atomic E-state index is 0.00808. The van der Waals surface area contributed by atoms with Gasteiger partial charge in [0.25, 0.3) is 11.8 Å². The summed E-state index contributed by atoms with van der Waals surface area (Å²) in [4.78, 5) is 73.9. The van der Waals surface area contributed by atoms with Crippen LogP contribution in [-0.2, 0) is 24.0 Å². The van der Waals surface area contributed by atoms with Crippen molar-refractivity contribution in [2.45, 2.75) is 82.8 Å². The number of benzene rings is 1. The highest BCUT2D eigenvalue weighted by molar-refractivity contribution is 5.97. The molecule has 4 fully saturated rings. The molecule has 4 amide bonds. The Morgan fingerprint density at radius 3 is 2.38 bits per heavy atom. The van der Waals surface area contributed by atoms with Crippen LogP contribution in [0.1, 0.15) is 75.2 Å². The van der Waals surface area contributed by atoms with Gasteiger partial charge in [0, 0.05) is 31.7 Å². The Morgan fingerprint density at radius 1 is 0.940 bits per heavy atom. The average Bonchev–Trinajstić information content (AvgIpc) is 3.65. The maximum Gasteiger partial charge on any atom is 0.527 e. The molecule has 0 unspecified atom stereocenters. The molecule has 6 rings (SSSR count). The largest absolute Gasteiger partial charge is 0.527 e. The van der Waals surface area contributed by atoms with Gasteiger partial charge in [-0.2, -0.15) is 5.10 Å². The van der Waals surface area contributed by atoms with Crippen molar-refractivity contribution in [3.05, 3.63) is 42.1 Å². The molecule has 15 nitrogen and oxygen atoms in total. The molecule has 270 valence electrons. The highest BCUT2D eigenvalue weighted by Gasteiger charge is 2.41. The maximum atomic E-state index is 13.6. The first-order valence-electron chi connectivity index (χ1n) is 17.9. The predicted molar refractivity (Wildman–Crippen MR) is 179 cm³/mol. The number of aromatic nitrogens is 2. The topological polar surface area (TPSA) is 165 Å². The summed E-state index contributed by atoms with van der Waals surface area (Å²) in [6.07, 6.45) is 6.91. The monoisotopic (exact) mass is 693 g/mol. The van der Waals surface area contributed by atoms with Gasteiger partial charge in [-0.3, -0.25) is 19.2 Å². The zero-order chi connectivity index (χ0) is 35.0. The molecule has 1 aromatic heterocycles. The van der Waals surface area contributed by atoms with Crippen LogP contribution in [0.2, 0.25) is 0 Å². The quantitative estimate of drug-likeness (QED) is 0.222. The van der Waals surface area contributed by atoms with Crippen molar-refractivity contribution in [2.75, 3.05) is 45.9 Å². The molecular formula is C35H47N7O8. The summed E-state index contributed by atoms with van der Waals surface area (Å²) in [6, 6.07) is 9.49. The lowest BCUT2D eigenvalue weighted by Crippen LogP contribution is -2.55. The molecule has 2 saturated carbocycles. The standard InChI is InChI=1S/C35H47N7O8/c1-2-3-21-48-35(47)50-40-19-17-39(18-20-40)34(46)31(24-14-15-24)37-32(44)27-22-30(42(38-27)26-11-5-4-6-12-26)49-23-29(43)41-16-8-13-28(41)33(45)36-25-9-7-10-25/h4-6,11-12,22,24-25,28,31H,2-3,7-10,13-21,23H2,1H3,(H,36,45)(H,37,44)/t28-,31-/m0/s1. The Bertz CT molecular complexity index is 1520. The van der Waals surface area contributed by atoms with E-state index in [1.807, 2.05) is 25.1 Å². The second-order valence-electron chi connectivity index (χ2n) is 13.4. The van der Waals surface area contributed by atoms with Crippen molar-refractivity contribution in [3.63, 3.8) is 0 Å². The molecule has 0 bridgehead atoms. The van der Waals surface area contributed by atoms with Crippen molar-refractivity contribution < 1.29 is 38.3 Å². The molecule has 2 aliphatic heterocycles. The summed E-state index contributed by atoms with van der Waals surface area (Å²) in [5.74, 6) is -0.980. The minimum Gasteiger partial charge on any atom is -0.467 e. The number of rotatable bonds is 14. The van der Waals surface area contributed by atoms with Crippen molar-refractivity contribution in [3.8, 4) is 11.6 Å². The average molecular weight is 694 g/mol. The van der Waals surface area contributed by atoms with Crippen molar-refractivity contribution in [1.82, 2.24) is 35.3 Å². The summed E-state index contributed by atoms with van der Waals surface area (Å²) in [5, 5.41) is 12.0. The molecule has 2 aromatic rings. The molecule has 3 heterocycles. The van der Waals surface area contributed by atoms with Gasteiger partial charge in [0.15, 0.2) is 12.3 Å². The van der Waals surface area contributed by atoms with Gasteiger partial charge in [-0.1, -0.05) is 31.5 Å². The third-order valence-corrected chi connectivity index (χ3v) is 9.70. The molecule has 1 aromatic carbocycles. The van der Waals surface area contributed by atoms with E-state index in [1.54, 1.807) is 21.9 Å². The highest BCUT2D eigenvalue weighted by Crippen LogP contribution is 2.34. The number of carbonyl (C=O) groups excluding carboxylic acids is 5. The van der Waals surface area contributed by atoms with Gasteiger partial charge in [-0.15, -0.1) is 5.06 Å². The molecule has 2 atom stereocenters. The van der Waals surface area contributed by atoms with E-state index in [0.717, 1.165) is 51.4 Å². The number of unbranched alkanes of at least 4 members (excludes halogenated alkanes) is 1. The summed E-state index contributed by atoms with van der Waals surface area (Å²) >= 11 is 0. The molecule has 2 aliphatic carbocycles. The molecule has 50 heavy (non-hydrogen) atoms. The van der Waals surface area contributed by atoms with E-state index in [1.165, 1.54) is 15.8 Å². The summed E-state index contributed by atoms with van der Waals surface area (Å²) in [6.45, 7) is 3.74. The first-order valence-corrected chi connectivity index (χ1v) is 17.9. The summed E-state index contributed by atoms with van der Waals surface area (Å²) in [5.41, 5.74) is 0.658. The molecule has 4 aliphatic rings. The number of amides is 4. The predicted octanol–water partition coefficient (Wildman–Crippen LogP) is 2.43. The Morgan fingerprint density at radius 2 is 1.70 bits per heavy atom. The van der Waals surface area contributed by atoms with Crippen LogP contribution in [0.3, 0.4) is 0 Å². The number of hydroxylamine groups is 2. The van der Waals surface area contributed by atoms with Crippen LogP contribution in [0.15, 0.2) is 36.4 Å². The first-order chi connectivity index (χ1) is 24.3. The smallest absolute Gasteiger partial charge is 0.467 e. The third-order valence-electron chi connectivity index (χ3n) is 9.70. The Hall–Kier alpha value is -4.66. The summed E-state index contributed by atoms with van der Waals surface area (Å²) < 4.78 is 12.5. The van der Waals surface area contributed by atoms with Gasteiger partial charge in [-0.05, 0) is 69.4 Å². The van der Waals surface area contributed by atoms with Gasteiger partial charge in [0.05, 0.1) is 25.4 Å². The normalized spacial score (nSPS) is 20.1. The number of likely N-dealkylation sites (tertiary alicyclic amines) is 1. The SMILES string of the molecule is CCCCOC(=O)ON1CCN(C(=O)[C@@H](NC(=O)c2cc(OCC(=O)N3CCC[C@H]3C(=O)NC3CCC3)n(-c3ccccc3)n2)C2CC2)CC1. The number of hydrogen-bond donors (Lipinski definition) is 2. The molecule has 15 heteroatoms. The fourth-order valence-corrected chi connectivity index (χ4v) is 6.39. The number of piperazine rings is 1. The van der Waals surface area contributed by atoms with Crippen LogP contribution in [0.25, 0.3) is 5.69 Å². The van der Waals surface area contributed by atoms with Crippen molar-refractivity contribution >= 4 is 29.8 Å². The fourth-order valence-electron chi connectivity index (χ4n) is 6.39. The molecule has 2 N–H and O–H groups in total. The van der Waals surface area contributed by atoms with E-state index in [0.29, 0.717) is 51.4 Å². The number of hydrogen-bond acceptors (Lipinski definition) is 10. The number of nitrogens with one attached hydrogen (secondary N) is 2. The van der Waals surface area contributed by atoms with Gasteiger partial charge in [0.2, 0.25) is 17.7 Å². The molecule has 2 saturated heterocycles. The zero-order valence-electron chi connectivity index (χ0n) is 28.6.